The molecule has 1 aromatic rings. The summed E-state index contributed by atoms with van der Waals surface area (Å²) in [7, 11) is 1.65. The molecule has 0 atom stereocenters. The van der Waals surface area contributed by atoms with E-state index >= 15 is 0 Å². The van der Waals surface area contributed by atoms with E-state index < -0.39 is 0 Å². The molecule has 0 heterocycles. The number of nitrogens with zero attached hydrogens (tertiary/aromatic N) is 1. The molecule has 102 valence electrons. The normalized spacial score (nSPS) is 11.3. The van der Waals surface area contributed by atoms with Crippen LogP contribution in [0.25, 0.3) is 0 Å². The van der Waals surface area contributed by atoms with Gasteiger partial charge in [-0.15, -0.1) is 0 Å². The average molecular weight is 252 g/mol. The predicted octanol–water partition coefficient (Wildman–Crippen LogP) is 1.36. The quantitative estimate of drug-likeness (QED) is 0.769. The van der Waals surface area contributed by atoms with Gasteiger partial charge in [0.2, 0.25) is 0 Å². The lowest BCUT2D eigenvalue weighted by Gasteiger charge is -2.26. The predicted molar refractivity (Wildman–Crippen MR) is 73.5 cm³/mol. The maximum Gasteiger partial charge on any atom is 0.123 e. The van der Waals surface area contributed by atoms with Crippen LogP contribution in [0, 0.1) is 0 Å². The highest BCUT2D eigenvalue weighted by Crippen LogP contribution is 2.20. The Hall–Kier alpha value is -1.10. The fourth-order valence-corrected chi connectivity index (χ4v) is 1.97. The van der Waals surface area contributed by atoms with Gasteiger partial charge in [-0.2, -0.15) is 0 Å². The van der Waals surface area contributed by atoms with Crippen molar-refractivity contribution in [2.45, 2.75) is 33.0 Å². The van der Waals surface area contributed by atoms with Gasteiger partial charge < -0.3 is 15.6 Å². The highest BCUT2D eigenvalue weighted by atomic mass is 16.5. The van der Waals surface area contributed by atoms with Crippen molar-refractivity contribution in [1.29, 1.82) is 0 Å². The van der Waals surface area contributed by atoms with E-state index in [9.17, 15) is 0 Å². The summed E-state index contributed by atoms with van der Waals surface area (Å²) >= 11 is 0. The zero-order valence-corrected chi connectivity index (χ0v) is 11.5. The highest BCUT2D eigenvalue weighted by Gasteiger charge is 2.10. The summed E-state index contributed by atoms with van der Waals surface area (Å²) < 4.78 is 5.26. The first-order chi connectivity index (χ1) is 8.62. The van der Waals surface area contributed by atoms with E-state index in [2.05, 4.69) is 24.8 Å². The molecule has 1 rings (SSSR count). The van der Waals surface area contributed by atoms with Gasteiger partial charge in [0.1, 0.15) is 5.75 Å². The molecule has 0 aliphatic rings. The number of hydrogen-bond acceptors (Lipinski definition) is 4. The molecule has 0 spiro atoms. The van der Waals surface area contributed by atoms with Gasteiger partial charge in [-0.25, -0.2) is 0 Å². The van der Waals surface area contributed by atoms with Crippen molar-refractivity contribution >= 4 is 0 Å². The molecule has 0 saturated heterocycles. The first-order valence-electron chi connectivity index (χ1n) is 6.33. The van der Waals surface area contributed by atoms with E-state index in [0.29, 0.717) is 19.1 Å². The third-order valence-corrected chi connectivity index (χ3v) is 3.07. The number of hydrogen-bond donors (Lipinski definition) is 2. The van der Waals surface area contributed by atoms with Crippen LogP contribution >= 0.6 is 0 Å². The topological polar surface area (TPSA) is 58.7 Å². The second kappa shape index (κ2) is 7.36. The molecule has 0 saturated carbocycles. The fraction of sp³-hybridized carbons (Fsp3) is 0.571. The SMILES string of the molecule is COc1ccc(CN(CCO)C(C)C)cc1CN. The van der Waals surface area contributed by atoms with Crippen molar-refractivity contribution in [2.24, 2.45) is 5.73 Å². The maximum absolute atomic E-state index is 9.06. The molecule has 0 bridgehead atoms. The number of nitrogens with two attached hydrogens (primary N) is 1. The number of aliphatic hydroxyl groups excluding tert-OH is 1. The van der Waals surface area contributed by atoms with E-state index in [-0.39, 0.29) is 6.61 Å². The van der Waals surface area contributed by atoms with Crippen LogP contribution < -0.4 is 10.5 Å². The molecule has 18 heavy (non-hydrogen) atoms. The molecule has 0 amide bonds. The molecule has 0 aromatic heterocycles. The molecule has 4 nitrogen and oxygen atoms in total. The number of ether oxygens (including phenoxy) is 1. The van der Waals surface area contributed by atoms with Gasteiger partial charge in [-0.1, -0.05) is 6.07 Å². The Bertz CT molecular complexity index is 367. The average Bonchev–Trinajstić information content (AvgIpc) is 2.37. The van der Waals surface area contributed by atoms with Crippen molar-refractivity contribution in [3.8, 4) is 5.75 Å². The second-order valence-corrected chi connectivity index (χ2v) is 4.64. The number of rotatable bonds is 7. The Morgan fingerprint density at radius 2 is 2.11 bits per heavy atom. The molecule has 4 heteroatoms. The van der Waals surface area contributed by atoms with Gasteiger partial charge in [0.25, 0.3) is 0 Å². The minimum absolute atomic E-state index is 0.179. The van der Waals surface area contributed by atoms with Crippen LogP contribution in [0.3, 0.4) is 0 Å². The smallest absolute Gasteiger partial charge is 0.123 e. The Morgan fingerprint density at radius 1 is 1.39 bits per heavy atom. The van der Waals surface area contributed by atoms with Crippen LogP contribution in [0.15, 0.2) is 18.2 Å². The van der Waals surface area contributed by atoms with Gasteiger partial charge in [-0.3, -0.25) is 4.90 Å². The Labute approximate surface area is 109 Å². The zero-order chi connectivity index (χ0) is 13.5. The third kappa shape index (κ3) is 3.98. The molecule has 3 N–H and O–H groups in total. The van der Waals surface area contributed by atoms with Crippen LogP contribution in [0.5, 0.6) is 5.75 Å². The van der Waals surface area contributed by atoms with E-state index in [1.165, 1.54) is 5.56 Å². The Balaban J connectivity index is 2.83. The molecular formula is C14H24N2O2. The lowest BCUT2D eigenvalue weighted by molar-refractivity contribution is 0.159. The minimum Gasteiger partial charge on any atom is -0.496 e. The summed E-state index contributed by atoms with van der Waals surface area (Å²) in [6, 6.07) is 6.48. The zero-order valence-electron chi connectivity index (χ0n) is 11.5. The van der Waals surface area contributed by atoms with Gasteiger partial charge in [-0.05, 0) is 31.5 Å². The summed E-state index contributed by atoms with van der Waals surface area (Å²) in [4.78, 5) is 2.22. The first kappa shape index (κ1) is 15.0. The van der Waals surface area contributed by atoms with Crippen LogP contribution in [-0.2, 0) is 13.1 Å². The Kier molecular flexibility index (Phi) is 6.12. The number of methoxy groups -OCH3 is 1. The molecule has 0 aliphatic carbocycles. The monoisotopic (exact) mass is 252 g/mol. The second-order valence-electron chi connectivity index (χ2n) is 4.64. The summed E-state index contributed by atoms with van der Waals surface area (Å²) in [6.45, 7) is 6.40. The van der Waals surface area contributed by atoms with E-state index in [1.807, 2.05) is 12.1 Å². The van der Waals surface area contributed by atoms with Crippen LogP contribution in [0.1, 0.15) is 25.0 Å². The van der Waals surface area contributed by atoms with Gasteiger partial charge in [0.15, 0.2) is 0 Å². The van der Waals surface area contributed by atoms with E-state index in [0.717, 1.165) is 17.9 Å². The maximum atomic E-state index is 9.06. The minimum atomic E-state index is 0.179. The molecule has 1 aromatic carbocycles. The first-order valence-corrected chi connectivity index (χ1v) is 6.33. The lowest BCUT2D eigenvalue weighted by atomic mass is 10.1. The lowest BCUT2D eigenvalue weighted by Crippen LogP contribution is -2.32. The van der Waals surface area contributed by atoms with Crippen molar-refractivity contribution in [3.63, 3.8) is 0 Å². The fourth-order valence-electron chi connectivity index (χ4n) is 1.97. The molecule has 0 unspecified atom stereocenters. The van der Waals surface area contributed by atoms with Crippen molar-refractivity contribution in [2.75, 3.05) is 20.3 Å². The summed E-state index contributed by atoms with van der Waals surface area (Å²) in [5, 5.41) is 9.06. The molecule has 0 fully saturated rings. The Morgan fingerprint density at radius 3 is 2.61 bits per heavy atom. The number of aliphatic hydroxyl groups is 1. The van der Waals surface area contributed by atoms with Crippen LogP contribution in [0.4, 0.5) is 0 Å². The largest absolute Gasteiger partial charge is 0.496 e. The van der Waals surface area contributed by atoms with Crippen molar-refractivity contribution < 1.29 is 9.84 Å². The summed E-state index contributed by atoms with van der Waals surface area (Å²) in [5.41, 5.74) is 7.92. The third-order valence-electron chi connectivity index (χ3n) is 3.07. The molecular weight excluding hydrogens is 228 g/mol. The van der Waals surface area contributed by atoms with Crippen LogP contribution in [0.2, 0.25) is 0 Å². The van der Waals surface area contributed by atoms with Gasteiger partial charge >= 0.3 is 0 Å². The van der Waals surface area contributed by atoms with Crippen molar-refractivity contribution in [3.05, 3.63) is 29.3 Å². The van der Waals surface area contributed by atoms with E-state index in [4.69, 9.17) is 15.6 Å². The van der Waals surface area contributed by atoms with Crippen LogP contribution in [-0.4, -0.2) is 36.3 Å². The van der Waals surface area contributed by atoms with Gasteiger partial charge in [0, 0.05) is 31.2 Å². The standard InChI is InChI=1S/C14H24N2O2/c1-11(2)16(6-7-17)10-12-4-5-14(18-3)13(8-12)9-15/h4-5,8,11,17H,6-7,9-10,15H2,1-3H3. The highest BCUT2D eigenvalue weighted by molar-refractivity contribution is 5.37. The molecule has 0 aliphatic heterocycles. The number of benzene rings is 1. The summed E-state index contributed by atoms with van der Waals surface area (Å²) in [5.74, 6) is 0.833. The van der Waals surface area contributed by atoms with Gasteiger partial charge in [0.05, 0.1) is 13.7 Å². The van der Waals surface area contributed by atoms with Crippen molar-refractivity contribution in [1.82, 2.24) is 4.90 Å². The van der Waals surface area contributed by atoms with E-state index in [1.54, 1.807) is 7.11 Å². The summed E-state index contributed by atoms with van der Waals surface area (Å²) in [6.07, 6.45) is 0. The molecule has 0 radical (unpaired) electrons.